The third-order valence-electron chi connectivity index (χ3n) is 1.45. The Bertz CT molecular complexity index is 126. The Morgan fingerprint density at radius 2 is 2.00 bits per heavy atom. The van der Waals surface area contributed by atoms with Crippen LogP contribution in [0.1, 0.15) is 26.7 Å². The van der Waals surface area contributed by atoms with Gasteiger partial charge in [-0.2, -0.15) is 0 Å². The molecule has 12 heavy (non-hydrogen) atoms. The van der Waals surface area contributed by atoms with Crippen LogP contribution in [0.4, 0.5) is 0 Å². The summed E-state index contributed by atoms with van der Waals surface area (Å²) in [6.45, 7) is 5.34. The van der Waals surface area contributed by atoms with E-state index in [9.17, 15) is 4.79 Å². The third-order valence-corrected chi connectivity index (χ3v) is 1.72. The molecule has 0 aromatic heterocycles. The van der Waals surface area contributed by atoms with E-state index in [1.807, 2.05) is 13.8 Å². The summed E-state index contributed by atoms with van der Waals surface area (Å²) in [6, 6.07) is 0. The van der Waals surface area contributed by atoms with Crippen molar-refractivity contribution in [2.75, 3.05) is 19.0 Å². The summed E-state index contributed by atoms with van der Waals surface area (Å²) in [5.41, 5.74) is 0. The van der Waals surface area contributed by atoms with Crippen molar-refractivity contribution in [2.45, 2.75) is 26.7 Å². The minimum absolute atomic E-state index is 0.195. The molecule has 0 N–H and O–H groups in total. The number of rotatable bonds is 6. The van der Waals surface area contributed by atoms with Gasteiger partial charge in [-0.25, -0.2) is 0 Å². The molecule has 4 heteroatoms. The molecule has 0 bridgehead atoms. The molecular weight excluding hydrogens is 178 g/mol. The summed E-state index contributed by atoms with van der Waals surface area (Å²) in [7, 11) is 0. The van der Waals surface area contributed by atoms with Crippen molar-refractivity contribution in [1.29, 1.82) is 0 Å². The standard InChI is InChI=1S/C8H16ClNO2/c1-3-10(4-2)12-8(11)6-5-7-9/h3-7H2,1-2H3. The Balaban J connectivity index is 3.52. The molecular formula is C8H16ClNO2. The van der Waals surface area contributed by atoms with Gasteiger partial charge in [-0.3, -0.25) is 4.79 Å². The number of carbonyl (C=O) groups is 1. The molecule has 0 aromatic carbocycles. The van der Waals surface area contributed by atoms with E-state index in [2.05, 4.69) is 0 Å². The second-order valence-electron chi connectivity index (χ2n) is 2.37. The summed E-state index contributed by atoms with van der Waals surface area (Å²) < 4.78 is 0. The molecule has 0 aliphatic heterocycles. The maximum atomic E-state index is 11.0. The molecule has 0 amide bonds. The fraction of sp³-hybridized carbons (Fsp3) is 0.875. The molecule has 0 spiro atoms. The molecule has 72 valence electrons. The van der Waals surface area contributed by atoms with Crippen molar-refractivity contribution < 1.29 is 9.63 Å². The Morgan fingerprint density at radius 1 is 1.42 bits per heavy atom. The summed E-state index contributed by atoms with van der Waals surface area (Å²) in [5.74, 6) is 0.312. The first kappa shape index (κ1) is 11.7. The zero-order valence-corrected chi connectivity index (χ0v) is 8.43. The lowest BCUT2D eigenvalue weighted by molar-refractivity contribution is -0.188. The van der Waals surface area contributed by atoms with E-state index in [1.54, 1.807) is 5.06 Å². The van der Waals surface area contributed by atoms with Crippen LogP contribution < -0.4 is 0 Å². The van der Waals surface area contributed by atoms with E-state index in [4.69, 9.17) is 16.4 Å². The Kier molecular flexibility index (Phi) is 7.20. The van der Waals surface area contributed by atoms with Gasteiger partial charge in [-0.1, -0.05) is 0 Å². The lowest BCUT2D eigenvalue weighted by atomic mass is 10.3. The third kappa shape index (κ3) is 5.38. The van der Waals surface area contributed by atoms with Crippen LogP contribution in [0, 0.1) is 0 Å². The molecule has 0 fully saturated rings. The predicted molar refractivity (Wildman–Crippen MR) is 49.0 cm³/mol. The molecule has 0 heterocycles. The van der Waals surface area contributed by atoms with Crippen LogP contribution in [0.5, 0.6) is 0 Å². The van der Waals surface area contributed by atoms with Crippen LogP contribution in [0.25, 0.3) is 0 Å². The average molecular weight is 194 g/mol. The number of hydrogen-bond acceptors (Lipinski definition) is 3. The lowest BCUT2D eigenvalue weighted by Gasteiger charge is -2.16. The number of nitrogens with zero attached hydrogens (tertiary/aromatic N) is 1. The highest BCUT2D eigenvalue weighted by molar-refractivity contribution is 6.17. The van der Waals surface area contributed by atoms with Crippen molar-refractivity contribution in [2.24, 2.45) is 0 Å². The van der Waals surface area contributed by atoms with Crippen molar-refractivity contribution in [3.8, 4) is 0 Å². The van der Waals surface area contributed by atoms with Crippen molar-refractivity contribution in [1.82, 2.24) is 5.06 Å². The number of alkyl halides is 1. The topological polar surface area (TPSA) is 29.5 Å². The molecule has 0 aromatic rings. The smallest absolute Gasteiger partial charge is 0.325 e. The SMILES string of the molecule is CCN(CC)OC(=O)CCCCl. The zero-order valence-electron chi connectivity index (χ0n) is 7.68. The van der Waals surface area contributed by atoms with Crippen LogP contribution in [-0.2, 0) is 9.63 Å². The second-order valence-corrected chi connectivity index (χ2v) is 2.75. The maximum absolute atomic E-state index is 11.0. The fourth-order valence-corrected chi connectivity index (χ4v) is 0.887. The minimum Gasteiger partial charge on any atom is -0.368 e. The van der Waals surface area contributed by atoms with Gasteiger partial charge < -0.3 is 4.84 Å². The van der Waals surface area contributed by atoms with Gasteiger partial charge in [-0.05, 0) is 20.3 Å². The van der Waals surface area contributed by atoms with E-state index in [0.717, 1.165) is 13.1 Å². The van der Waals surface area contributed by atoms with Crippen LogP contribution in [0.3, 0.4) is 0 Å². The molecule has 0 unspecified atom stereocenters. The molecule has 0 atom stereocenters. The van der Waals surface area contributed by atoms with Gasteiger partial charge in [0.05, 0.1) is 0 Å². The first-order chi connectivity index (χ1) is 5.74. The summed E-state index contributed by atoms with van der Waals surface area (Å²) in [5, 5.41) is 1.62. The van der Waals surface area contributed by atoms with Crippen LogP contribution in [0.15, 0.2) is 0 Å². The second kappa shape index (κ2) is 7.37. The zero-order chi connectivity index (χ0) is 9.40. The largest absolute Gasteiger partial charge is 0.368 e. The number of carbonyl (C=O) groups excluding carboxylic acids is 1. The Labute approximate surface area is 78.6 Å². The van der Waals surface area contributed by atoms with Crippen LogP contribution in [0.2, 0.25) is 0 Å². The highest BCUT2D eigenvalue weighted by Crippen LogP contribution is 1.97. The van der Waals surface area contributed by atoms with E-state index < -0.39 is 0 Å². The molecule has 0 aliphatic carbocycles. The minimum atomic E-state index is -0.195. The maximum Gasteiger partial charge on any atom is 0.325 e. The normalized spacial score (nSPS) is 10.3. The first-order valence-corrected chi connectivity index (χ1v) is 4.79. The van der Waals surface area contributed by atoms with Crippen molar-refractivity contribution >= 4 is 17.6 Å². The fourth-order valence-electron chi connectivity index (χ4n) is 0.753. The van der Waals surface area contributed by atoms with Gasteiger partial charge in [0.1, 0.15) is 0 Å². The van der Waals surface area contributed by atoms with Gasteiger partial charge in [0, 0.05) is 25.4 Å². The van der Waals surface area contributed by atoms with Gasteiger partial charge in [0.25, 0.3) is 0 Å². The molecule has 0 rings (SSSR count). The average Bonchev–Trinajstić information content (AvgIpc) is 2.10. The van der Waals surface area contributed by atoms with E-state index in [1.165, 1.54) is 0 Å². The van der Waals surface area contributed by atoms with Crippen molar-refractivity contribution in [3.05, 3.63) is 0 Å². The quantitative estimate of drug-likeness (QED) is 0.476. The Hall–Kier alpha value is -0.280. The summed E-state index contributed by atoms with van der Waals surface area (Å²) in [6.07, 6.45) is 1.08. The summed E-state index contributed by atoms with van der Waals surface area (Å²) in [4.78, 5) is 16.0. The molecule has 0 aliphatic rings. The first-order valence-electron chi connectivity index (χ1n) is 4.26. The molecule has 3 nitrogen and oxygen atoms in total. The van der Waals surface area contributed by atoms with Gasteiger partial charge >= 0.3 is 5.97 Å². The van der Waals surface area contributed by atoms with E-state index in [0.29, 0.717) is 18.7 Å². The predicted octanol–water partition coefficient (Wildman–Crippen LogP) is 1.81. The van der Waals surface area contributed by atoms with Crippen molar-refractivity contribution in [3.63, 3.8) is 0 Å². The number of halogens is 1. The molecule has 0 saturated carbocycles. The highest BCUT2D eigenvalue weighted by Gasteiger charge is 2.06. The number of hydrogen-bond donors (Lipinski definition) is 0. The molecule has 0 saturated heterocycles. The monoisotopic (exact) mass is 193 g/mol. The molecule has 0 radical (unpaired) electrons. The Morgan fingerprint density at radius 3 is 2.42 bits per heavy atom. The summed E-state index contributed by atoms with van der Waals surface area (Å²) >= 11 is 5.43. The van der Waals surface area contributed by atoms with E-state index >= 15 is 0 Å². The van der Waals surface area contributed by atoms with Crippen LogP contribution in [-0.4, -0.2) is 30.0 Å². The van der Waals surface area contributed by atoms with Gasteiger partial charge in [0.2, 0.25) is 0 Å². The van der Waals surface area contributed by atoms with E-state index in [-0.39, 0.29) is 5.97 Å². The lowest BCUT2D eigenvalue weighted by Crippen LogP contribution is -2.26. The number of hydroxylamine groups is 2. The highest BCUT2D eigenvalue weighted by atomic mass is 35.5. The van der Waals surface area contributed by atoms with Gasteiger partial charge in [0.15, 0.2) is 0 Å². The van der Waals surface area contributed by atoms with Gasteiger partial charge in [-0.15, -0.1) is 16.7 Å². The van der Waals surface area contributed by atoms with Crippen LogP contribution >= 0.6 is 11.6 Å².